The molecule has 0 amide bonds. The Morgan fingerprint density at radius 2 is 1.95 bits per heavy atom. The standard InChI is InChI=1S/C17H24N2O2/c1-11-9-13(10-14(16(11)18)17(20)21)19-8-4-7-15(19)12-5-2-3-6-12/h9-10,12,15H,2-8,18H2,1H3,(H,20,21). The minimum absolute atomic E-state index is 0.238. The number of nitrogen functional groups attached to an aromatic ring is 1. The van der Waals surface area contributed by atoms with Crippen LogP contribution in [0.4, 0.5) is 11.4 Å². The van der Waals surface area contributed by atoms with Gasteiger partial charge in [0.2, 0.25) is 0 Å². The predicted octanol–water partition coefficient (Wildman–Crippen LogP) is 3.43. The molecule has 1 aromatic rings. The molecule has 2 aliphatic rings. The molecular weight excluding hydrogens is 264 g/mol. The van der Waals surface area contributed by atoms with Crippen LogP contribution in [0.5, 0.6) is 0 Å². The summed E-state index contributed by atoms with van der Waals surface area (Å²) in [4.78, 5) is 13.8. The van der Waals surface area contributed by atoms with Gasteiger partial charge in [-0.1, -0.05) is 12.8 Å². The van der Waals surface area contributed by atoms with Gasteiger partial charge in [0.05, 0.1) is 5.56 Å². The molecule has 0 spiro atoms. The van der Waals surface area contributed by atoms with Gasteiger partial charge in [0.15, 0.2) is 0 Å². The number of benzene rings is 1. The lowest BCUT2D eigenvalue weighted by Gasteiger charge is -2.32. The fraction of sp³-hybridized carbons (Fsp3) is 0.588. The van der Waals surface area contributed by atoms with E-state index in [0.29, 0.717) is 11.7 Å². The molecule has 1 heterocycles. The SMILES string of the molecule is Cc1cc(N2CCCC2C2CCCC2)cc(C(=O)O)c1N. The van der Waals surface area contributed by atoms with E-state index in [-0.39, 0.29) is 5.56 Å². The van der Waals surface area contributed by atoms with Crippen molar-refractivity contribution in [2.45, 2.75) is 51.5 Å². The summed E-state index contributed by atoms with van der Waals surface area (Å²) < 4.78 is 0. The number of carbonyl (C=O) groups is 1. The maximum absolute atomic E-state index is 11.4. The highest BCUT2D eigenvalue weighted by Crippen LogP contribution is 2.38. The zero-order valence-electron chi connectivity index (χ0n) is 12.6. The number of anilines is 2. The average Bonchev–Trinajstić information content (AvgIpc) is 3.10. The third-order valence-electron chi connectivity index (χ3n) is 5.18. The van der Waals surface area contributed by atoms with E-state index in [1.165, 1.54) is 38.5 Å². The Bertz CT molecular complexity index is 550. The predicted molar refractivity (Wildman–Crippen MR) is 84.9 cm³/mol. The zero-order chi connectivity index (χ0) is 15.0. The van der Waals surface area contributed by atoms with Crippen LogP contribution in [0, 0.1) is 12.8 Å². The Balaban J connectivity index is 1.93. The second-order valence-corrected chi connectivity index (χ2v) is 6.48. The molecule has 1 aliphatic carbocycles. The Kier molecular flexibility index (Phi) is 3.79. The minimum atomic E-state index is -0.936. The van der Waals surface area contributed by atoms with Crippen LogP contribution in [0.15, 0.2) is 12.1 Å². The number of hydrogen-bond acceptors (Lipinski definition) is 3. The third kappa shape index (κ3) is 2.59. The molecule has 4 nitrogen and oxygen atoms in total. The Hall–Kier alpha value is -1.71. The highest BCUT2D eigenvalue weighted by atomic mass is 16.4. The second kappa shape index (κ2) is 5.58. The summed E-state index contributed by atoms with van der Waals surface area (Å²) in [6.45, 7) is 2.93. The lowest BCUT2D eigenvalue weighted by atomic mass is 9.95. The van der Waals surface area contributed by atoms with Gasteiger partial charge >= 0.3 is 5.97 Å². The molecule has 2 fully saturated rings. The van der Waals surface area contributed by atoms with Gasteiger partial charge in [-0.25, -0.2) is 4.79 Å². The summed E-state index contributed by atoms with van der Waals surface area (Å²) in [6.07, 6.45) is 7.76. The number of rotatable bonds is 3. The van der Waals surface area contributed by atoms with Crippen molar-refractivity contribution in [3.05, 3.63) is 23.3 Å². The maximum Gasteiger partial charge on any atom is 0.337 e. The maximum atomic E-state index is 11.4. The number of aryl methyl sites for hydroxylation is 1. The summed E-state index contributed by atoms with van der Waals surface area (Å²) in [5.74, 6) is -0.160. The smallest absolute Gasteiger partial charge is 0.337 e. The van der Waals surface area contributed by atoms with E-state index in [9.17, 15) is 9.90 Å². The van der Waals surface area contributed by atoms with E-state index in [1.54, 1.807) is 6.07 Å². The van der Waals surface area contributed by atoms with Gasteiger partial charge in [0, 0.05) is 24.0 Å². The first kappa shape index (κ1) is 14.2. The van der Waals surface area contributed by atoms with Crippen LogP contribution in [0.3, 0.4) is 0 Å². The molecule has 1 aromatic carbocycles. The highest BCUT2D eigenvalue weighted by molar-refractivity contribution is 5.95. The van der Waals surface area contributed by atoms with Crippen LogP contribution < -0.4 is 10.6 Å². The van der Waals surface area contributed by atoms with Crippen LogP contribution in [-0.2, 0) is 0 Å². The molecule has 1 unspecified atom stereocenters. The van der Waals surface area contributed by atoms with Crippen molar-refractivity contribution in [2.75, 3.05) is 17.2 Å². The van der Waals surface area contributed by atoms with Gasteiger partial charge in [0.1, 0.15) is 0 Å². The molecule has 3 N–H and O–H groups in total. The van der Waals surface area contributed by atoms with Gasteiger partial charge in [-0.05, 0) is 56.2 Å². The summed E-state index contributed by atoms with van der Waals surface area (Å²) in [6, 6.07) is 4.39. The quantitative estimate of drug-likeness (QED) is 0.836. The number of carboxylic acids is 1. The van der Waals surface area contributed by atoms with Crippen LogP contribution in [0.2, 0.25) is 0 Å². The van der Waals surface area contributed by atoms with Crippen molar-refractivity contribution in [2.24, 2.45) is 5.92 Å². The lowest BCUT2D eigenvalue weighted by molar-refractivity contribution is 0.0698. The molecule has 4 heteroatoms. The second-order valence-electron chi connectivity index (χ2n) is 6.48. The molecule has 0 aromatic heterocycles. The molecular formula is C17H24N2O2. The molecule has 114 valence electrons. The Morgan fingerprint density at radius 1 is 1.24 bits per heavy atom. The molecule has 3 rings (SSSR count). The monoisotopic (exact) mass is 288 g/mol. The number of hydrogen-bond donors (Lipinski definition) is 2. The number of nitrogens with two attached hydrogens (primary N) is 1. The van der Waals surface area contributed by atoms with Gasteiger partial charge in [-0.15, -0.1) is 0 Å². The Morgan fingerprint density at radius 3 is 2.62 bits per heavy atom. The van der Waals surface area contributed by atoms with Gasteiger partial charge < -0.3 is 15.7 Å². The topological polar surface area (TPSA) is 66.6 Å². The van der Waals surface area contributed by atoms with E-state index in [4.69, 9.17) is 5.73 Å². The summed E-state index contributed by atoms with van der Waals surface area (Å²) in [7, 11) is 0. The molecule has 1 aliphatic heterocycles. The van der Waals surface area contributed by atoms with Crippen molar-refractivity contribution in [3.63, 3.8) is 0 Å². The van der Waals surface area contributed by atoms with Gasteiger partial charge in [-0.2, -0.15) is 0 Å². The van der Waals surface area contributed by atoms with E-state index in [1.807, 2.05) is 6.92 Å². The highest BCUT2D eigenvalue weighted by Gasteiger charge is 2.33. The minimum Gasteiger partial charge on any atom is -0.478 e. The first-order valence-electron chi connectivity index (χ1n) is 7.98. The summed E-state index contributed by atoms with van der Waals surface area (Å²) in [5.41, 5.74) is 8.44. The molecule has 21 heavy (non-hydrogen) atoms. The largest absolute Gasteiger partial charge is 0.478 e. The van der Waals surface area contributed by atoms with E-state index >= 15 is 0 Å². The molecule has 1 atom stereocenters. The molecule has 0 bridgehead atoms. The molecule has 1 saturated heterocycles. The Labute approximate surface area is 125 Å². The first-order chi connectivity index (χ1) is 10.1. The lowest BCUT2D eigenvalue weighted by Crippen LogP contribution is -2.34. The van der Waals surface area contributed by atoms with E-state index in [0.717, 1.165) is 23.7 Å². The van der Waals surface area contributed by atoms with Gasteiger partial charge in [-0.3, -0.25) is 0 Å². The van der Waals surface area contributed by atoms with Crippen LogP contribution in [0.1, 0.15) is 54.4 Å². The summed E-state index contributed by atoms with van der Waals surface area (Å²) >= 11 is 0. The third-order valence-corrected chi connectivity index (χ3v) is 5.18. The van der Waals surface area contributed by atoms with Crippen LogP contribution >= 0.6 is 0 Å². The van der Waals surface area contributed by atoms with Crippen LogP contribution in [-0.4, -0.2) is 23.7 Å². The molecule has 0 radical (unpaired) electrons. The summed E-state index contributed by atoms with van der Waals surface area (Å²) in [5, 5.41) is 9.34. The van der Waals surface area contributed by atoms with Gasteiger partial charge in [0.25, 0.3) is 0 Å². The fourth-order valence-electron chi connectivity index (χ4n) is 4.07. The van der Waals surface area contributed by atoms with Crippen molar-refractivity contribution in [1.29, 1.82) is 0 Å². The fourth-order valence-corrected chi connectivity index (χ4v) is 4.07. The number of carboxylic acid groups (broad SMARTS) is 1. The van der Waals surface area contributed by atoms with E-state index < -0.39 is 5.97 Å². The number of nitrogens with zero attached hydrogens (tertiary/aromatic N) is 1. The zero-order valence-corrected chi connectivity index (χ0v) is 12.6. The van der Waals surface area contributed by atoms with E-state index in [2.05, 4.69) is 11.0 Å². The normalized spacial score (nSPS) is 22.9. The van der Waals surface area contributed by atoms with Crippen molar-refractivity contribution in [1.82, 2.24) is 0 Å². The molecule has 1 saturated carbocycles. The number of aromatic carboxylic acids is 1. The average molecular weight is 288 g/mol. The van der Waals surface area contributed by atoms with Crippen LogP contribution in [0.25, 0.3) is 0 Å². The first-order valence-corrected chi connectivity index (χ1v) is 7.98. The van der Waals surface area contributed by atoms with Crippen molar-refractivity contribution in [3.8, 4) is 0 Å². The van der Waals surface area contributed by atoms with Crippen molar-refractivity contribution < 1.29 is 9.90 Å². The van der Waals surface area contributed by atoms with Crippen molar-refractivity contribution >= 4 is 17.3 Å².